The number of allylic oxidation sites excluding steroid dienone is 1. The van der Waals surface area contributed by atoms with Gasteiger partial charge in [0.25, 0.3) is 0 Å². The molecule has 3 aliphatic heterocycles. The Kier molecular flexibility index (Phi) is 4.03. The zero-order valence-electron chi connectivity index (χ0n) is 14.5. The molecule has 7 nitrogen and oxygen atoms in total. The van der Waals surface area contributed by atoms with E-state index in [0.717, 1.165) is 25.8 Å². The van der Waals surface area contributed by atoms with E-state index in [0.29, 0.717) is 11.4 Å². The minimum absolute atomic E-state index is 0.0274. The maximum Gasteiger partial charge on any atom is 0.238 e. The lowest BCUT2D eigenvalue weighted by molar-refractivity contribution is -0.139. The molecule has 3 fully saturated rings. The molecular weight excluding hydrogens is 330 g/mol. The van der Waals surface area contributed by atoms with Crippen molar-refractivity contribution in [2.24, 2.45) is 22.1 Å². The first-order chi connectivity index (χ1) is 12.6. The van der Waals surface area contributed by atoms with Gasteiger partial charge >= 0.3 is 0 Å². The van der Waals surface area contributed by atoms with E-state index in [2.05, 4.69) is 21.2 Å². The number of nitriles is 1. The van der Waals surface area contributed by atoms with Crippen LogP contribution in [-0.4, -0.2) is 41.2 Å². The van der Waals surface area contributed by atoms with Crippen LogP contribution in [0.5, 0.6) is 0 Å². The monoisotopic (exact) mass is 349 g/mol. The summed E-state index contributed by atoms with van der Waals surface area (Å²) in [5.74, 6) is -1.41. The Hall–Kier alpha value is -3.01. The second-order valence-electron chi connectivity index (χ2n) is 6.88. The number of carbonyl (C=O) groups is 2. The highest BCUT2D eigenvalue weighted by Gasteiger charge is 2.60. The summed E-state index contributed by atoms with van der Waals surface area (Å²) in [6.07, 6.45) is 2.86. The number of likely N-dealkylation sites (tertiary alicyclic amines) is 1. The largest absolute Gasteiger partial charge is 0.368 e. The molecule has 0 spiro atoms. The third-order valence-corrected chi connectivity index (χ3v) is 5.51. The summed E-state index contributed by atoms with van der Waals surface area (Å²) in [6.45, 7) is 0.739. The van der Waals surface area contributed by atoms with Crippen molar-refractivity contribution in [2.45, 2.75) is 25.3 Å². The normalized spacial score (nSPS) is 29.8. The molecule has 0 N–H and O–H groups in total. The molecule has 0 aromatic heterocycles. The number of piperidine rings is 1. The van der Waals surface area contributed by atoms with Crippen molar-refractivity contribution in [3.05, 3.63) is 41.7 Å². The van der Waals surface area contributed by atoms with E-state index in [1.54, 1.807) is 12.1 Å². The van der Waals surface area contributed by atoms with Crippen LogP contribution in [0.2, 0.25) is 0 Å². The molecule has 0 aliphatic carbocycles. The van der Waals surface area contributed by atoms with Gasteiger partial charge in [-0.05, 0) is 31.4 Å². The number of amides is 2. The van der Waals surface area contributed by atoms with E-state index < -0.39 is 11.8 Å². The lowest BCUT2D eigenvalue weighted by Crippen LogP contribution is -2.41. The molecule has 1 aromatic carbocycles. The average Bonchev–Trinajstić information content (AvgIpc) is 3.13. The number of hydrogen-bond acceptors (Lipinski definition) is 6. The molecule has 26 heavy (non-hydrogen) atoms. The predicted molar refractivity (Wildman–Crippen MR) is 92.7 cm³/mol. The first kappa shape index (κ1) is 16.5. The van der Waals surface area contributed by atoms with Gasteiger partial charge in [0.1, 0.15) is 6.07 Å². The number of rotatable bonds is 2. The summed E-state index contributed by atoms with van der Waals surface area (Å²) in [4.78, 5) is 28.6. The van der Waals surface area contributed by atoms with Gasteiger partial charge in [0.2, 0.25) is 11.8 Å². The van der Waals surface area contributed by atoms with Crippen LogP contribution in [-0.2, 0) is 9.59 Å². The Bertz CT molecular complexity index is 854. The number of nitrogens with zero attached hydrogens (tertiary/aromatic N) is 5. The maximum absolute atomic E-state index is 12.7. The number of azo groups is 1. The highest BCUT2D eigenvalue weighted by Crippen LogP contribution is 2.48. The lowest BCUT2D eigenvalue weighted by Gasteiger charge is -2.34. The summed E-state index contributed by atoms with van der Waals surface area (Å²) in [5.41, 5.74) is 1.34. The van der Waals surface area contributed by atoms with Gasteiger partial charge in [0, 0.05) is 19.6 Å². The van der Waals surface area contributed by atoms with Gasteiger partial charge in [-0.15, -0.1) is 10.2 Å². The van der Waals surface area contributed by atoms with Crippen molar-refractivity contribution < 1.29 is 9.59 Å². The quantitative estimate of drug-likeness (QED) is 0.466. The van der Waals surface area contributed by atoms with Crippen molar-refractivity contribution in [3.8, 4) is 6.07 Å². The Morgan fingerprint density at radius 2 is 1.96 bits per heavy atom. The Labute approximate surface area is 151 Å². The summed E-state index contributed by atoms with van der Waals surface area (Å²) in [7, 11) is 1.52. The van der Waals surface area contributed by atoms with Gasteiger partial charge in [-0.2, -0.15) is 5.26 Å². The van der Waals surface area contributed by atoms with Crippen molar-refractivity contribution in [1.29, 1.82) is 5.26 Å². The lowest BCUT2D eigenvalue weighted by atomic mass is 9.88. The molecule has 0 unspecified atom stereocenters. The van der Waals surface area contributed by atoms with E-state index in [1.165, 1.54) is 11.9 Å². The molecule has 3 saturated heterocycles. The molecule has 0 radical (unpaired) electrons. The van der Waals surface area contributed by atoms with Crippen molar-refractivity contribution in [3.63, 3.8) is 0 Å². The van der Waals surface area contributed by atoms with E-state index in [9.17, 15) is 14.9 Å². The molecule has 4 rings (SSSR count). The molecule has 0 bridgehead atoms. The molecule has 3 aliphatic rings. The van der Waals surface area contributed by atoms with Crippen molar-refractivity contribution in [2.75, 3.05) is 13.6 Å². The van der Waals surface area contributed by atoms with Crippen LogP contribution >= 0.6 is 0 Å². The average molecular weight is 349 g/mol. The summed E-state index contributed by atoms with van der Waals surface area (Å²) < 4.78 is 0. The highest BCUT2D eigenvalue weighted by atomic mass is 16.2. The van der Waals surface area contributed by atoms with Crippen LogP contribution in [0.15, 0.2) is 52.0 Å². The van der Waals surface area contributed by atoms with Crippen LogP contribution in [0.4, 0.5) is 5.69 Å². The fourth-order valence-corrected chi connectivity index (χ4v) is 4.34. The third-order valence-electron chi connectivity index (χ3n) is 5.51. The number of imide groups is 1. The third kappa shape index (κ3) is 2.41. The molecule has 1 aromatic rings. The first-order valence-electron chi connectivity index (χ1n) is 8.82. The van der Waals surface area contributed by atoms with Crippen LogP contribution in [0, 0.1) is 23.2 Å². The Balaban J connectivity index is 1.80. The summed E-state index contributed by atoms with van der Waals surface area (Å²) in [5, 5.41) is 18.0. The SMILES string of the molecule is CN1C(=O)[C@@H]2[C@H](C1=O)/C(=C(\C#N)N=Nc1ccccc1)N1CCCC[C@H]21. The summed E-state index contributed by atoms with van der Waals surface area (Å²) >= 11 is 0. The number of fused-ring (bicyclic) bond motifs is 3. The van der Waals surface area contributed by atoms with Crippen LogP contribution in [0.1, 0.15) is 19.3 Å². The Morgan fingerprint density at radius 3 is 2.69 bits per heavy atom. The molecule has 3 atom stereocenters. The van der Waals surface area contributed by atoms with Crippen molar-refractivity contribution >= 4 is 17.5 Å². The smallest absolute Gasteiger partial charge is 0.238 e. The second-order valence-corrected chi connectivity index (χ2v) is 6.88. The van der Waals surface area contributed by atoms with Gasteiger partial charge in [-0.25, -0.2) is 0 Å². The van der Waals surface area contributed by atoms with E-state index in [4.69, 9.17) is 0 Å². The van der Waals surface area contributed by atoms with Gasteiger partial charge in [-0.3, -0.25) is 14.5 Å². The topological polar surface area (TPSA) is 89.1 Å². The standard InChI is InChI=1S/C19H19N5O2/c1-23-18(25)15-14-9-5-6-10-24(14)17(16(15)19(23)26)13(11-20)22-21-12-7-3-2-4-8-12/h2-4,7-8,14-16H,5-6,9-10H2,1H3/b17-13-,22-21?/t14-,15+,16+/m1/s1. The summed E-state index contributed by atoms with van der Waals surface area (Å²) in [6, 6.07) is 11.2. The van der Waals surface area contributed by atoms with E-state index in [-0.39, 0.29) is 23.6 Å². The Morgan fingerprint density at radius 1 is 1.19 bits per heavy atom. The van der Waals surface area contributed by atoms with Gasteiger partial charge in [0.15, 0.2) is 5.70 Å². The van der Waals surface area contributed by atoms with E-state index in [1.807, 2.05) is 18.2 Å². The number of hydrogen-bond donors (Lipinski definition) is 0. The molecule has 7 heteroatoms. The maximum atomic E-state index is 12.7. The minimum atomic E-state index is -0.611. The fraction of sp³-hybridized carbons (Fsp3) is 0.421. The fourth-order valence-electron chi connectivity index (χ4n) is 4.34. The van der Waals surface area contributed by atoms with Gasteiger partial charge in [0.05, 0.1) is 23.2 Å². The van der Waals surface area contributed by atoms with Gasteiger partial charge < -0.3 is 4.90 Å². The molecule has 3 heterocycles. The number of benzene rings is 1. The van der Waals surface area contributed by atoms with Crippen LogP contribution in [0.25, 0.3) is 0 Å². The van der Waals surface area contributed by atoms with Crippen LogP contribution in [0.3, 0.4) is 0 Å². The molecule has 132 valence electrons. The number of carbonyl (C=O) groups excluding carboxylic acids is 2. The second kappa shape index (κ2) is 6.37. The van der Waals surface area contributed by atoms with Crippen molar-refractivity contribution in [1.82, 2.24) is 9.80 Å². The minimum Gasteiger partial charge on any atom is -0.368 e. The van der Waals surface area contributed by atoms with Gasteiger partial charge in [-0.1, -0.05) is 18.2 Å². The highest BCUT2D eigenvalue weighted by molar-refractivity contribution is 6.07. The van der Waals surface area contributed by atoms with Crippen LogP contribution < -0.4 is 0 Å². The zero-order chi connectivity index (χ0) is 18.3. The molecule has 2 amide bonds. The molecular formula is C19H19N5O2. The first-order valence-corrected chi connectivity index (χ1v) is 8.82. The molecule has 0 saturated carbocycles. The van der Waals surface area contributed by atoms with E-state index >= 15 is 0 Å². The zero-order valence-corrected chi connectivity index (χ0v) is 14.5. The predicted octanol–water partition coefficient (Wildman–Crippen LogP) is 2.60.